The summed E-state index contributed by atoms with van der Waals surface area (Å²) in [6, 6.07) is 0. The lowest BCUT2D eigenvalue weighted by atomic mass is 9.86. The van der Waals surface area contributed by atoms with Gasteiger partial charge in [0.05, 0.1) is 0 Å². The zero-order chi connectivity index (χ0) is 11.5. The molecule has 0 aromatic rings. The van der Waals surface area contributed by atoms with Crippen LogP contribution in [-0.4, -0.2) is 0 Å². The molecule has 0 aliphatic heterocycles. The van der Waals surface area contributed by atoms with Crippen molar-refractivity contribution in [2.75, 3.05) is 0 Å². The third-order valence-electron chi connectivity index (χ3n) is 5.16. The van der Waals surface area contributed by atoms with E-state index in [9.17, 15) is 0 Å². The second-order valence-electron chi connectivity index (χ2n) is 6.84. The van der Waals surface area contributed by atoms with Crippen LogP contribution in [0.2, 0.25) is 0 Å². The highest BCUT2D eigenvalue weighted by atomic mass is 14.3. The molecular weight excluding hydrogens is 204 g/mol. The molecule has 96 valence electrons. The molecule has 0 spiro atoms. The lowest BCUT2D eigenvalue weighted by Gasteiger charge is -2.19. The van der Waals surface area contributed by atoms with Crippen LogP contribution < -0.4 is 0 Å². The van der Waals surface area contributed by atoms with Crippen molar-refractivity contribution in [1.82, 2.24) is 0 Å². The first-order chi connectivity index (χ1) is 8.42. The van der Waals surface area contributed by atoms with E-state index in [0.717, 1.165) is 23.7 Å². The molecule has 2 atom stereocenters. The fourth-order valence-corrected chi connectivity index (χ4v) is 3.55. The Balaban J connectivity index is 1.31. The van der Waals surface area contributed by atoms with Crippen LogP contribution in [0.4, 0.5) is 0 Å². The molecule has 3 rings (SSSR count). The van der Waals surface area contributed by atoms with Gasteiger partial charge in [-0.05, 0) is 42.9 Å². The summed E-state index contributed by atoms with van der Waals surface area (Å²) in [5, 5.41) is 0. The molecule has 17 heavy (non-hydrogen) atoms. The molecule has 2 unspecified atom stereocenters. The van der Waals surface area contributed by atoms with Gasteiger partial charge in [-0.25, -0.2) is 0 Å². The smallest absolute Gasteiger partial charge is 0.0202 e. The molecular formula is C17H28. The summed E-state index contributed by atoms with van der Waals surface area (Å²) >= 11 is 0. The summed E-state index contributed by atoms with van der Waals surface area (Å²) in [4.78, 5) is 0. The number of hydrogen-bond acceptors (Lipinski definition) is 0. The Hall–Kier alpha value is -0.260. The Morgan fingerprint density at radius 3 is 2.06 bits per heavy atom. The summed E-state index contributed by atoms with van der Waals surface area (Å²) in [5.41, 5.74) is 0. The highest BCUT2D eigenvalue weighted by Gasteiger charge is 2.26. The molecule has 2 fully saturated rings. The number of allylic oxidation sites excluding steroid dienone is 2. The maximum Gasteiger partial charge on any atom is -0.0202 e. The summed E-state index contributed by atoms with van der Waals surface area (Å²) in [5.74, 6) is 4.24. The third-order valence-corrected chi connectivity index (χ3v) is 5.16. The van der Waals surface area contributed by atoms with Gasteiger partial charge in [-0.15, -0.1) is 0 Å². The number of rotatable bonds is 8. The van der Waals surface area contributed by atoms with Crippen molar-refractivity contribution < 1.29 is 0 Å². The average Bonchev–Trinajstić information content (AvgIpc) is 3.22. The van der Waals surface area contributed by atoms with Crippen LogP contribution in [0.25, 0.3) is 0 Å². The maximum absolute atomic E-state index is 2.54. The van der Waals surface area contributed by atoms with Crippen LogP contribution in [0.15, 0.2) is 12.2 Å². The zero-order valence-electron chi connectivity index (χ0n) is 11.2. The quantitative estimate of drug-likeness (QED) is 0.496. The monoisotopic (exact) mass is 232 g/mol. The first-order valence-corrected chi connectivity index (χ1v) is 8.08. The molecule has 0 bridgehead atoms. The molecule has 0 amide bonds. The van der Waals surface area contributed by atoms with Gasteiger partial charge in [-0.2, -0.15) is 0 Å². The topological polar surface area (TPSA) is 0 Å². The Kier molecular flexibility index (Phi) is 3.88. The minimum atomic E-state index is 0.952. The van der Waals surface area contributed by atoms with Crippen molar-refractivity contribution in [3.63, 3.8) is 0 Å². The van der Waals surface area contributed by atoms with Crippen molar-refractivity contribution in [1.29, 1.82) is 0 Å². The van der Waals surface area contributed by atoms with Gasteiger partial charge in [0.2, 0.25) is 0 Å². The van der Waals surface area contributed by atoms with E-state index in [2.05, 4.69) is 12.2 Å². The van der Waals surface area contributed by atoms with E-state index in [0.29, 0.717) is 0 Å². The molecule has 0 aromatic carbocycles. The first-order valence-electron chi connectivity index (χ1n) is 8.08. The molecule has 0 heterocycles. The molecule has 3 aliphatic carbocycles. The van der Waals surface area contributed by atoms with Gasteiger partial charge in [0, 0.05) is 0 Å². The fourth-order valence-electron chi connectivity index (χ4n) is 3.55. The van der Waals surface area contributed by atoms with Gasteiger partial charge in [0.25, 0.3) is 0 Å². The minimum Gasteiger partial charge on any atom is -0.0880 e. The lowest BCUT2D eigenvalue weighted by molar-refractivity contribution is 0.349. The van der Waals surface area contributed by atoms with E-state index in [1.807, 2.05) is 0 Å². The Morgan fingerprint density at radius 1 is 0.765 bits per heavy atom. The van der Waals surface area contributed by atoms with E-state index in [4.69, 9.17) is 0 Å². The Bertz CT molecular complexity index is 257. The third kappa shape index (κ3) is 3.86. The molecule has 0 N–H and O–H groups in total. The van der Waals surface area contributed by atoms with Crippen molar-refractivity contribution >= 4 is 0 Å². The zero-order valence-corrected chi connectivity index (χ0v) is 11.2. The molecule has 0 radical (unpaired) electrons. The lowest BCUT2D eigenvalue weighted by Crippen LogP contribution is -2.08. The van der Waals surface area contributed by atoms with Gasteiger partial charge in [-0.1, -0.05) is 63.5 Å². The summed E-state index contributed by atoms with van der Waals surface area (Å²) in [6.07, 6.45) is 21.6. The second kappa shape index (κ2) is 5.59. The normalized spacial score (nSPS) is 32.2. The largest absolute Gasteiger partial charge is 0.0880 e. The van der Waals surface area contributed by atoms with Crippen molar-refractivity contribution in [3.05, 3.63) is 12.2 Å². The highest BCUT2D eigenvalue weighted by Crippen LogP contribution is 2.39. The predicted octanol–water partition coefficient (Wildman–Crippen LogP) is 5.34. The van der Waals surface area contributed by atoms with E-state index < -0.39 is 0 Å². The summed E-state index contributed by atoms with van der Waals surface area (Å²) in [6.45, 7) is 0. The number of hydrogen-bond donors (Lipinski definition) is 0. The van der Waals surface area contributed by atoms with Crippen LogP contribution in [0.5, 0.6) is 0 Å². The van der Waals surface area contributed by atoms with Crippen LogP contribution in [0, 0.1) is 23.7 Å². The van der Waals surface area contributed by atoms with Crippen molar-refractivity contribution in [3.8, 4) is 0 Å². The van der Waals surface area contributed by atoms with Crippen LogP contribution in [0.3, 0.4) is 0 Å². The molecule has 0 heteroatoms. The summed E-state index contributed by atoms with van der Waals surface area (Å²) in [7, 11) is 0. The van der Waals surface area contributed by atoms with Gasteiger partial charge in [0.1, 0.15) is 0 Å². The molecule has 0 aromatic heterocycles. The molecule has 2 saturated carbocycles. The fraction of sp³-hybridized carbons (Fsp3) is 0.882. The van der Waals surface area contributed by atoms with Crippen LogP contribution in [0.1, 0.15) is 70.6 Å². The Labute approximate surface area is 107 Å². The van der Waals surface area contributed by atoms with Crippen LogP contribution in [-0.2, 0) is 0 Å². The second-order valence-corrected chi connectivity index (χ2v) is 6.84. The van der Waals surface area contributed by atoms with Gasteiger partial charge in [-0.3, -0.25) is 0 Å². The van der Waals surface area contributed by atoms with E-state index in [1.54, 1.807) is 0 Å². The minimum absolute atomic E-state index is 0.952. The Morgan fingerprint density at radius 2 is 1.41 bits per heavy atom. The molecule has 0 saturated heterocycles. The van der Waals surface area contributed by atoms with E-state index >= 15 is 0 Å². The predicted molar refractivity (Wildman–Crippen MR) is 73.9 cm³/mol. The van der Waals surface area contributed by atoms with E-state index in [-0.39, 0.29) is 0 Å². The van der Waals surface area contributed by atoms with Crippen molar-refractivity contribution in [2.24, 2.45) is 23.7 Å². The van der Waals surface area contributed by atoms with Gasteiger partial charge >= 0.3 is 0 Å². The maximum atomic E-state index is 2.54. The van der Waals surface area contributed by atoms with Gasteiger partial charge in [0.15, 0.2) is 0 Å². The first kappa shape index (κ1) is 11.8. The SMILES string of the molecule is C1=CC(CCCC2CC2)C(CCCC2CC2)C1. The standard InChI is InChI=1S/C17H28/c1(4-14-10-11-14)6-16-8-3-9-17(16)7-2-5-15-12-13-15/h3,8,14-17H,1-2,4-7,9-13H2. The highest BCUT2D eigenvalue weighted by molar-refractivity contribution is 5.01. The van der Waals surface area contributed by atoms with Crippen molar-refractivity contribution in [2.45, 2.75) is 70.6 Å². The average molecular weight is 232 g/mol. The van der Waals surface area contributed by atoms with Gasteiger partial charge < -0.3 is 0 Å². The summed E-state index contributed by atoms with van der Waals surface area (Å²) < 4.78 is 0. The molecule has 3 aliphatic rings. The molecule has 0 nitrogen and oxygen atoms in total. The van der Waals surface area contributed by atoms with E-state index in [1.165, 1.54) is 70.6 Å². The van der Waals surface area contributed by atoms with Crippen LogP contribution >= 0.6 is 0 Å².